The molecule has 0 aliphatic heterocycles. The minimum Gasteiger partial charge on any atom is -0.493 e. The summed E-state index contributed by atoms with van der Waals surface area (Å²) in [6, 6.07) is 16.4. The molecule has 0 fully saturated rings. The molecule has 0 spiro atoms. The van der Waals surface area contributed by atoms with Crippen LogP contribution < -0.4 is 14.8 Å². The van der Waals surface area contributed by atoms with E-state index in [4.69, 9.17) is 9.47 Å². The van der Waals surface area contributed by atoms with Gasteiger partial charge in [0.1, 0.15) is 0 Å². The molecule has 0 bridgehead atoms. The van der Waals surface area contributed by atoms with E-state index in [-0.39, 0.29) is 0 Å². The number of hydrogen-bond acceptors (Lipinski definition) is 4. The molecule has 0 unspecified atom stereocenters. The first-order valence-electron chi connectivity index (χ1n) is 10.4. The maximum atomic E-state index is 5.40. The van der Waals surface area contributed by atoms with Crippen molar-refractivity contribution in [3.8, 4) is 17.2 Å². The van der Waals surface area contributed by atoms with Crippen molar-refractivity contribution in [1.82, 2.24) is 20.0 Å². The van der Waals surface area contributed by atoms with Gasteiger partial charge in [0.05, 0.1) is 19.9 Å². The topological polar surface area (TPSA) is 63.9 Å². The van der Waals surface area contributed by atoms with Crippen molar-refractivity contribution in [1.29, 1.82) is 0 Å². The first-order chi connectivity index (χ1) is 15.1. The number of aliphatic imine (C=N–C) groups is 1. The quantitative estimate of drug-likeness (QED) is 0.425. The Morgan fingerprint density at radius 2 is 1.77 bits per heavy atom. The average Bonchev–Trinajstić information content (AvgIpc) is 3.35. The minimum absolute atomic E-state index is 0.745. The zero-order valence-electron chi connectivity index (χ0n) is 18.7. The summed E-state index contributed by atoms with van der Waals surface area (Å²) < 4.78 is 12.6. The van der Waals surface area contributed by atoms with Crippen LogP contribution in [-0.4, -0.2) is 62.0 Å². The molecular weight excluding hydrogens is 390 g/mol. The van der Waals surface area contributed by atoms with E-state index >= 15 is 0 Å². The molecule has 7 nitrogen and oxygen atoms in total. The molecule has 164 valence electrons. The molecule has 1 N–H and O–H groups in total. The summed E-state index contributed by atoms with van der Waals surface area (Å²) in [4.78, 5) is 6.55. The molecule has 2 aromatic carbocycles. The number of guanidine groups is 1. The molecule has 1 aromatic heterocycles. The molecule has 0 aliphatic rings. The second kappa shape index (κ2) is 11.1. The fourth-order valence-electron chi connectivity index (χ4n) is 3.38. The lowest BCUT2D eigenvalue weighted by atomic mass is 10.1. The van der Waals surface area contributed by atoms with E-state index in [1.54, 1.807) is 20.4 Å². The smallest absolute Gasteiger partial charge is 0.193 e. The molecule has 0 radical (unpaired) electrons. The van der Waals surface area contributed by atoms with Gasteiger partial charge in [-0.05, 0) is 54.3 Å². The Kier molecular flexibility index (Phi) is 7.92. The van der Waals surface area contributed by atoms with E-state index < -0.39 is 0 Å². The highest BCUT2D eigenvalue weighted by molar-refractivity contribution is 5.79. The van der Waals surface area contributed by atoms with Gasteiger partial charge in [-0.1, -0.05) is 18.2 Å². The summed E-state index contributed by atoms with van der Waals surface area (Å²) >= 11 is 0. The number of benzene rings is 2. The monoisotopic (exact) mass is 421 g/mol. The molecule has 0 amide bonds. The number of hydrogen-bond donors (Lipinski definition) is 1. The van der Waals surface area contributed by atoms with E-state index in [0.29, 0.717) is 0 Å². The standard InChI is InChI=1S/C24H31N5O2/c1-25-24(28(2)17-13-20-8-11-22(30-3)23(18-20)31-4)26-15-12-19-6-9-21(10-7-19)29-16-5-14-27-29/h5-11,14,16,18H,12-13,15,17H2,1-4H3,(H,25,26). The molecule has 31 heavy (non-hydrogen) atoms. The number of nitrogens with one attached hydrogen (secondary N) is 1. The van der Waals surface area contributed by atoms with E-state index in [2.05, 4.69) is 57.7 Å². The van der Waals surface area contributed by atoms with Crippen molar-refractivity contribution in [2.45, 2.75) is 12.8 Å². The number of methoxy groups -OCH3 is 2. The van der Waals surface area contributed by atoms with E-state index in [0.717, 1.165) is 49.1 Å². The fraction of sp³-hybridized carbons (Fsp3) is 0.333. The van der Waals surface area contributed by atoms with Gasteiger partial charge in [0.2, 0.25) is 0 Å². The van der Waals surface area contributed by atoms with Crippen LogP contribution in [0.2, 0.25) is 0 Å². The van der Waals surface area contributed by atoms with Crippen LogP contribution in [0, 0.1) is 0 Å². The van der Waals surface area contributed by atoms with Crippen molar-refractivity contribution < 1.29 is 9.47 Å². The van der Waals surface area contributed by atoms with Gasteiger partial charge in [-0.15, -0.1) is 0 Å². The first-order valence-corrected chi connectivity index (χ1v) is 10.4. The summed E-state index contributed by atoms with van der Waals surface area (Å²) in [6.07, 6.45) is 5.53. The number of aromatic nitrogens is 2. The molecular formula is C24H31N5O2. The van der Waals surface area contributed by atoms with Gasteiger partial charge in [-0.25, -0.2) is 4.68 Å². The summed E-state index contributed by atoms with van der Waals surface area (Å²) in [5, 5.41) is 7.71. The number of likely N-dealkylation sites (N-methyl/N-ethyl adjacent to an activating group) is 1. The van der Waals surface area contributed by atoms with Gasteiger partial charge < -0.3 is 19.7 Å². The molecule has 7 heteroatoms. The van der Waals surface area contributed by atoms with Crippen LogP contribution in [0.4, 0.5) is 0 Å². The van der Waals surface area contributed by atoms with Gasteiger partial charge >= 0.3 is 0 Å². The molecule has 0 atom stereocenters. The Morgan fingerprint density at radius 1 is 1.03 bits per heavy atom. The molecule has 3 rings (SSSR count). The Balaban J connectivity index is 1.47. The highest BCUT2D eigenvalue weighted by Gasteiger charge is 2.08. The van der Waals surface area contributed by atoms with Crippen LogP contribution in [0.25, 0.3) is 5.69 Å². The normalized spacial score (nSPS) is 11.3. The Bertz CT molecular complexity index is 968. The molecule has 0 saturated carbocycles. The van der Waals surface area contributed by atoms with Crippen LogP contribution in [0.3, 0.4) is 0 Å². The Morgan fingerprint density at radius 3 is 2.42 bits per heavy atom. The second-order valence-electron chi connectivity index (χ2n) is 7.20. The van der Waals surface area contributed by atoms with Gasteiger partial charge in [0.15, 0.2) is 17.5 Å². The van der Waals surface area contributed by atoms with Crippen molar-refractivity contribution in [2.24, 2.45) is 4.99 Å². The molecule has 1 heterocycles. The van der Waals surface area contributed by atoms with Gasteiger partial charge in [-0.2, -0.15) is 5.10 Å². The van der Waals surface area contributed by atoms with Crippen LogP contribution in [0.1, 0.15) is 11.1 Å². The third-order valence-corrected chi connectivity index (χ3v) is 5.16. The third kappa shape index (κ3) is 6.01. The maximum absolute atomic E-state index is 5.40. The zero-order chi connectivity index (χ0) is 22.1. The Labute approximate surface area is 184 Å². The lowest BCUT2D eigenvalue weighted by molar-refractivity contribution is 0.354. The maximum Gasteiger partial charge on any atom is 0.193 e. The van der Waals surface area contributed by atoms with Gasteiger partial charge in [-0.3, -0.25) is 4.99 Å². The van der Waals surface area contributed by atoms with Crippen molar-refractivity contribution in [2.75, 3.05) is 41.4 Å². The van der Waals surface area contributed by atoms with Crippen LogP contribution in [0.15, 0.2) is 65.9 Å². The van der Waals surface area contributed by atoms with Crippen LogP contribution in [0.5, 0.6) is 11.5 Å². The summed E-state index contributed by atoms with van der Waals surface area (Å²) in [5.41, 5.74) is 3.52. The van der Waals surface area contributed by atoms with Gasteiger partial charge in [0.25, 0.3) is 0 Å². The van der Waals surface area contributed by atoms with Crippen molar-refractivity contribution in [3.63, 3.8) is 0 Å². The molecule has 3 aromatic rings. The number of ether oxygens (including phenoxy) is 2. The lowest BCUT2D eigenvalue weighted by Gasteiger charge is -2.22. The lowest BCUT2D eigenvalue weighted by Crippen LogP contribution is -2.40. The predicted molar refractivity (Wildman–Crippen MR) is 125 cm³/mol. The molecule has 0 aliphatic carbocycles. The fourth-order valence-corrected chi connectivity index (χ4v) is 3.38. The largest absolute Gasteiger partial charge is 0.493 e. The van der Waals surface area contributed by atoms with Crippen LogP contribution >= 0.6 is 0 Å². The number of nitrogens with zero attached hydrogens (tertiary/aromatic N) is 4. The minimum atomic E-state index is 0.745. The predicted octanol–water partition coefficient (Wildman–Crippen LogP) is 3.18. The Hall–Kier alpha value is -3.48. The summed E-state index contributed by atoms with van der Waals surface area (Å²) in [7, 11) is 7.17. The van der Waals surface area contributed by atoms with Gasteiger partial charge in [0, 0.05) is 39.6 Å². The van der Waals surface area contributed by atoms with E-state index in [9.17, 15) is 0 Å². The van der Waals surface area contributed by atoms with E-state index in [1.807, 2.05) is 36.1 Å². The van der Waals surface area contributed by atoms with E-state index in [1.165, 1.54) is 11.1 Å². The first kappa shape index (κ1) is 22.2. The zero-order valence-corrected chi connectivity index (χ0v) is 18.7. The second-order valence-corrected chi connectivity index (χ2v) is 7.20. The summed E-state index contributed by atoms with van der Waals surface area (Å²) in [6.45, 7) is 1.65. The average molecular weight is 422 g/mol. The van der Waals surface area contributed by atoms with Crippen molar-refractivity contribution >= 4 is 5.96 Å². The third-order valence-electron chi connectivity index (χ3n) is 5.16. The highest BCUT2D eigenvalue weighted by Crippen LogP contribution is 2.27. The number of rotatable bonds is 9. The highest BCUT2D eigenvalue weighted by atomic mass is 16.5. The summed E-state index contributed by atoms with van der Waals surface area (Å²) in [5.74, 6) is 2.38. The molecule has 0 saturated heterocycles. The van der Waals surface area contributed by atoms with Crippen LogP contribution in [-0.2, 0) is 12.8 Å². The SMILES string of the molecule is CN=C(NCCc1ccc(-n2cccn2)cc1)N(C)CCc1ccc(OC)c(OC)c1. The van der Waals surface area contributed by atoms with Crippen molar-refractivity contribution in [3.05, 3.63) is 72.1 Å².